The van der Waals surface area contributed by atoms with Crippen molar-refractivity contribution in [2.45, 2.75) is 39.5 Å². The number of halogens is 2. The van der Waals surface area contributed by atoms with Crippen molar-refractivity contribution in [1.29, 1.82) is 0 Å². The molecule has 0 saturated heterocycles. The second-order valence-corrected chi connectivity index (χ2v) is 8.34. The number of nitrogens with zero attached hydrogens (tertiary/aromatic N) is 1. The maximum absolute atomic E-state index is 13.9. The molecule has 5 nitrogen and oxygen atoms in total. The first kappa shape index (κ1) is 21.8. The van der Waals surface area contributed by atoms with Crippen LogP contribution in [0.5, 0.6) is 5.75 Å². The highest BCUT2D eigenvalue weighted by Gasteiger charge is 2.30. The highest BCUT2D eigenvalue weighted by Crippen LogP contribution is 2.36. The van der Waals surface area contributed by atoms with Crippen molar-refractivity contribution in [3.8, 4) is 5.75 Å². The van der Waals surface area contributed by atoms with Gasteiger partial charge in [0.1, 0.15) is 24.0 Å². The second-order valence-electron chi connectivity index (χ2n) is 8.34. The van der Waals surface area contributed by atoms with Gasteiger partial charge in [-0.25, -0.2) is 13.6 Å². The highest BCUT2D eigenvalue weighted by molar-refractivity contribution is 6.05. The molecule has 0 bridgehead atoms. The first-order chi connectivity index (χ1) is 15.1. The standard InChI is InChI=1S/C25H24F2N2O3/c1-15-10-11-16(32-14-18-20(26)7-5-8-21(18)27)12-23(15)29-13-17-19(25(2,3)31)6-4-9-22(17)28-24(29)30/h4-12,31H,13-14H2,1-3H3,(H,28,30). The molecule has 0 aromatic heterocycles. The van der Waals surface area contributed by atoms with Crippen LogP contribution in [0.3, 0.4) is 0 Å². The van der Waals surface area contributed by atoms with Crippen LogP contribution in [0.15, 0.2) is 54.6 Å². The molecule has 7 heteroatoms. The summed E-state index contributed by atoms with van der Waals surface area (Å²) in [4.78, 5) is 14.4. The van der Waals surface area contributed by atoms with Gasteiger partial charge in [-0.2, -0.15) is 0 Å². The number of rotatable bonds is 5. The maximum Gasteiger partial charge on any atom is 0.326 e. The number of hydrogen-bond acceptors (Lipinski definition) is 3. The number of amides is 2. The van der Waals surface area contributed by atoms with E-state index in [1.54, 1.807) is 49.1 Å². The third kappa shape index (κ3) is 4.16. The summed E-state index contributed by atoms with van der Waals surface area (Å²) in [5, 5.41) is 13.5. The SMILES string of the molecule is Cc1ccc(OCc2c(F)cccc2F)cc1N1Cc2c(cccc2C(C)(C)O)NC1=O. The summed E-state index contributed by atoms with van der Waals surface area (Å²) in [5.74, 6) is -0.977. The van der Waals surface area contributed by atoms with Crippen LogP contribution in [0.1, 0.15) is 36.1 Å². The topological polar surface area (TPSA) is 61.8 Å². The van der Waals surface area contributed by atoms with Gasteiger partial charge >= 0.3 is 6.03 Å². The lowest BCUT2D eigenvalue weighted by atomic mass is 9.91. The van der Waals surface area contributed by atoms with Crippen molar-refractivity contribution in [3.63, 3.8) is 0 Å². The number of urea groups is 1. The molecule has 1 heterocycles. The van der Waals surface area contributed by atoms with Crippen LogP contribution in [-0.2, 0) is 18.8 Å². The lowest BCUT2D eigenvalue weighted by molar-refractivity contribution is 0.0776. The molecule has 0 spiro atoms. The number of aryl methyl sites for hydroxylation is 1. The highest BCUT2D eigenvalue weighted by atomic mass is 19.1. The quantitative estimate of drug-likeness (QED) is 0.543. The molecule has 3 aromatic carbocycles. The van der Waals surface area contributed by atoms with Crippen molar-refractivity contribution < 1.29 is 23.4 Å². The Balaban J connectivity index is 1.64. The molecule has 1 aliphatic rings. The lowest BCUT2D eigenvalue weighted by Gasteiger charge is -2.34. The Labute approximate surface area is 185 Å². The fraction of sp³-hybridized carbons (Fsp3) is 0.240. The molecule has 3 aromatic rings. The van der Waals surface area contributed by atoms with E-state index in [4.69, 9.17) is 4.74 Å². The summed E-state index contributed by atoms with van der Waals surface area (Å²) in [7, 11) is 0. The number of carbonyl (C=O) groups is 1. The second kappa shape index (κ2) is 8.24. The minimum absolute atomic E-state index is 0.158. The average molecular weight is 438 g/mol. The summed E-state index contributed by atoms with van der Waals surface area (Å²) in [6.45, 7) is 5.24. The smallest absolute Gasteiger partial charge is 0.326 e. The molecule has 0 aliphatic carbocycles. The van der Waals surface area contributed by atoms with E-state index in [1.165, 1.54) is 18.2 Å². The Hall–Kier alpha value is -3.45. The molecular formula is C25H24F2N2O3. The predicted molar refractivity (Wildman–Crippen MR) is 119 cm³/mol. The molecular weight excluding hydrogens is 414 g/mol. The molecule has 0 unspecified atom stereocenters. The average Bonchev–Trinajstić information content (AvgIpc) is 2.73. The number of fused-ring (bicyclic) bond motifs is 1. The van der Waals surface area contributed by atoms with E-state index in [2.05, 4.69) is 5.32 Å². The number of carbonyl (C=O) groups excluding carboxylic acids is 1. The monoisotopic (exact) mass is 438 g/mol. The summed E-state index contributed by atoms with van der Waals surface area (Å²) in [5.41, 5.74) is 2.39. The van der Waals surface area contributed by atoms with Gasteiger partial charge in [0.15, 0.2) is 0 Å². The Morgan fingerprint density at radius 2 is 1.78 bits per heavy atom. The molecule has 2 amide bonds. The van der Waals surface area contributed by atoms with Gasteiger partial charge in [0.05, 0.1) is 23.4 Å². The van der Waals surface area contributed by atoms with Crippen LogP contribution in [0, 0.1) is 18.6 Å². The molecule has 166 valence electrons. The summed E-state index contributed by atoms with van der Waals surface area (Å²) in [6, 6.07) is 13.9. The van der Waals surface area contributed by atoms with Crippen LogP contribution in [0.2, 0.25) is 0 Å². The molecule has 0 radical (unpaired) electrons. The first-order valence-electron chi connectivity index (χ1n) is 10.2. The van der Waals surface area contributed by atoms with Crippen LogP contribution >= 0.6 is 0 Å². The van der Waals surface area contributed by atoms with E-state index in [0.29, 0.717) is 17.1 Å². The summed E-state index contributed by atoms with van der Waals surface area (Å²) in [6.07, 6.45) is 0. The zero-order valence-electron chi connectivity index (χ0n) is 18.1. The van der Waals surface area contributed by atoms with Gasteiger partial charge in [-0.3, -0.25) is 4.90 Å². The number of hydrogen-bond donors (Lipinski definition) is 2. The number of aliphatic hydroxyl groups is 1. The van der Waals surface area contributed by atoms with Crippen molar-refractivity contribution in [2.75, 3.05) is 10.2 Å². The molecule has 0 saturated carbocycles. The van der Waals surface area contributed by atoms with Gasteiger partial charge in [-0.05, 0) is 56.2 Å². The third-order valence-corrected chi connectivity index (χ3v) is 5.55. The summed E-state index contributed by atoms with van der Waals surface area (Å²) >= 11 is 0. The van der Waals surface area contributed by atoms with Gasteiger partial charge < -0.3 is 15.2 Å². The fourth-order valence-electron chi connectivity index (χ4n) is 3.85. The maximum atomic E-state index is 13.9. The van der Waals surface area contributed by atoms with Crippen LogP contribution in [0.25, 0.3) is 0 Å². The zero-order chi connectivity index (χ0) is 23.0. The van der Waals surface area contributed by atoms with Crippen molar-refractivity contribution in [3.05, 3.63) is 88.5 Å². The normalized spacial score (nSPS) is 13.6. The van der Waals surface area contributed by atoms with Gasteiger partial charge in [0, 0.05) is 17.3 Å². The lowest BCUT2D eigenvalue weighted by Crippen LogP contribution is -2.40. The third-order valence-electron chi connectivity index (χ3n) is 5.55. The van der Waals surface area contributed by atoms with E-state index in [1.807, 2.05) is 13.0 Å². The van der Waals surface area contributed by atoms with Crippen LogP contribution in [-0.4, -0.2) is 11.1 Å². The van der Waals surface area contributed by atoms with E-state index < -0.39 is 17.2 Å². The largest absolute Gasteiger partial charge is 0.489 e. The predicted octanol–water partition coefficient (Wildman–Crippen LogP) is 5.63. The Kier molecular flexibility index (Phi) is 5.60. The summed E-state index contributed by atoms with van der Waals surface area (Å²) < 4.78 is 33.5. The van der Waals surface area contributed by atoms with Crippen LogP contribution < -0.4 is 15.0 Å². The number of anilines is 2. The first-order valence-corrected chi connectivity index (χ1v) is 10.2. The Bertz CT molecular complexity index is 1170. The molecule has 0 fully saturated rings. The molecule has 2 N–H and O–H groups in total. The van der Waals surface area contributed by atoms with E-state index >= 15 is 0 Å². The van der Waals surface area contributed by atoms with Gasteiger partial charge in [0.25, 0.3) is 0 Å². The van der Waals surface area contributed by atoms with Crippen molar-refractivity contribution in [1.82, 2.24) is 0 Å². The minimum atomic E-state index is -1.08. The number of ether oxygens (including phenoxy) is 1. The van der Waals surface area contributed by atoms with Crippen LogP contribution in [0.4, 0.5) is 25.0 Å². The van der Waals surface area contributed by atoms with Gasteiger partial charge in [-0.15, -0.1) is 0 Å². The van der Waals surface area contributed by atoms with Gasteiger partial charge in [0.2, 0.25) is 0 Å². The Morgan fingerprint density at radius 3 is 2.47 bits per heavy atom. The number of nitrogens with one attached hydrogen (secondary N) is 1. The van der Waals surface area contributed by atoms with E-state index in [-0.39, 0.29) is 24.7 Å². The molecule has 0 atom stereocenters. The number of benzene rings is 3. The van der Waals surface area contributed by atoms with Crippen molar-refractivity contribution >= 4 is 17.4 Å². The fourth-order valence-corrected chi connectivity index (χ4v) is 3.85. The van der Waals surface area contributed by atoms with Gasteiger partial charge in [-0.1, -0.05) is 24.3 Å². The van der Waals surface area contributed by atoms with E-state index in [9.17, 15) is 18.7 Å². The minimum Gasteiger partial charge on any atom is -0.489 e. The molecule has 1 aliphatic heterocycles. The van der Waals surface area contributed by atoms with Crippen molar-refractivity contribution in [2.24, 2.45) is 0 Å². The Morgan fingerprint density at radius 1 is 1.09 bits per heavy atom. The zero-order valence-corrected chi connectivity index (χ0v) is 18.1. The molecule has 4 rings (SSSR count). The molecule has 32 heavy (non-hydrogen) atoms. The van der Waals surface area contributed by atoms with E-state index in [0.717, 1.165) is 16.7 Å².